The first-order chi connectivity index (χ1) is 8.13. The van der Waals surface area contributed by atoms with Crippen LogP contribution in [0.3, 0.4) is 0 Å². The number of hydrogen-bond donors (Lipinski definition) is 1. The Kier molecular flexibility index (Phi) is 3.33. The molecular formula is C12H9IN2O2. The number of hydrogen-bond acceptors (Lipinski definition) is 2. The molecule has 0 radical (unpaired) electrons. The molecule has 0 aliphatic carbocycles. The summed E-state index contributed by atoms with van der Waals surface area (Å²) in [4.78, 5) is 16.6. The van der Waals surface area contributed by atoms with E-state index in [1.165, 1.54) is 4.90 Å². The molecule has 0 bridgehead atoms. The van der Waals surface area contributed by atoms with Crippen molar-refractivity contribution in [3.8, 4) is 0 Å². The van der Waals surface area contributed by atoms with E-state index < -0.39 is 5.91 Å². The van der Waals surface area contributed by atoms with Gasteiger partial charge in [0, 0.05) is 22.2 Å². The van der Waals surface area contributed by atoms with Crippen LogP contribution in [-0.2, 0) is 4.79 Å². The van der Waals surface area contributed by atoms with Gasteiger partial charge in [0.05, 0.1) is 6.57 Å². The molecule has 1 aliphatic rings. The molecule has 17 heavy (non-hydrogen) atoms. The minimum absolute atomic E-state index is 0.105. The van der Waals surface area contributed by atoms with E-state index >= 15 is 0 Å². The molecule has 0 aromatic heterocycles. The van der Waals surface area contributed by atoms with Gasteiger partial charge in [-0.3, -0.25) is 4.79 Å². The minimum atomic E-state index is -0.426. The van der Waals surface area contributed by atoms with Crippen molar-refractivity contribution >= 4 is 34.2 Å². The van der Waals surface area contributed by atoms with Crippen LogP contribution in [0.1, 0.15) is 6.42 Å². The maximum atomic E-state index is 11.9. The summed E-state index contributed by atoms with van der Waals surface area (Å²) in [6, 6.07) is 7.48. The molecule has 2 rings (SSSR count). The maximum absolute atomic E-state index is 11.9. The fraction of sp³-hybridized carbons (Fsp3) is 0.167. The predicted octanol–water partition coefficient (Wildman–Crippen LogP) is 2.72. The van der Waals surface area contributed by atoms with E-state index in [1.807, 2.05) is 24.3 Å². The van der Waals surface area contributed by atoms with Crippen molar-refractivity contribution in [3.05, 3.63) is 50.7 Å². The van der Waals surface area contributed by atoms with Gasteiger partial charge in [-0.2, -0.15) is 0 Å². The number of benzene rings is 1. The zero-order chi connectivity index (χ0) is 12.4. The summed E-state index contributed by atoms with van der Waals surface area (Å²) in [7, 11) is 0. The van der Waals surface area contributed by atoms with Crippen LogP contribution < -0.4 is 4.90 Å². The van der Waals surface area contributed by atoms with E-state index in [-0.39, 0.29) is 11.5 Å². The minimum Gasteiger partial charge on any atom is -0.523 e. The molecule has 1 heterocycles. The highest BCUT2D eigenvalue weighted by molar-refractivity contribution is 14.1. The summed E-state index contributed by atoms with van der Waals surface area (Å²) in [5.74, 6) is -0.531. The Morgan fingerprint density at radius 1 is 1.35 bits per heavy atom. The lowest BCUT2D eigenvalue weighted by Gasteiger charge is -2.26. The highest BCUT2D eigenvalue weighted by atomic mass is 127. The van der Waals surface area contributed by atoms with E-state index in [1.54, 1.807) is 0 Å². The molecule has 5 heteroatoms. The molecule has 0 fully saturated rings. The highest BCUT2D eigenvalue weighted by Crippen LogP contribution is 2.25. The zero-order valence-corrected chi connectivity index (χ0v) is 11.0. The molecule has 0 atom stereocenters. The first-order valence-corrected chi connectivity index (χ1v) is 6.08. The van der Waals surface area contributed by atoms with Crippen molar-refractivity contribution in [2.24, 2.45) is 0 Å². The van der Waals surface area contributed by atoms with E-state index in [0.717, 1.165) is 9.26 Å². The average molecular weight is 340 g/mol. The normalized spacial score (nSPS) is 16.0. The van der Waals surface area contributed by atoms with Crippen LogP contribution in [0.4, 0.5) is 5.69 Å². The number of aliphatic hydroxyl groups is 1. The number of amides is 1. The Hall–Kier alpha value is -1.55. The van der Waals surface area contributed by atoms with E-state index in [0.29, 0.717) is 13.0 Å². The summed E-state index contributed by atoms with van der Waals surface area (Å²) in [5, 5.41) is 9.47. The Balaban J connectivity index is 2.35. The highest BCUT2D eigenvalue weighted by Gasteiger charge is 2.28. The molecule has 1 N–H and O–H groups in total. The van der Waals surface area contributed by atoms with Crippen LogP contribution in [-0.4, -0.2) is 17.6 Å². The Labute approximate surface area is 113 Å². The molecular weight excluding hydrogens is 331 g/mol. The molecule has 86 valence electrons. The predicted molar refractivity (Wildman–Crippen MR) is 72.4 cm³/mol. The molecule has 1 aromatic rings. The van der Waals surface area contributed by atoms with E-state index in [2.05, 4.69) is 27.4 Å². The van der Waals surface area contributed by atoms with Crippen molar-refractivity contribution in [1.82, 2.24) is 0 Å². The van der Waals surface area contributed by atoms with Gasteiger partial charge in [-0.1, -0.05) is 0 Å². The van der Waals surface area contributed by atoms with Crippen LogP contribution in [0.25, 0.3) is 4.85 Å². The van der Waals surface area contributed by atoms with Crippen LogP contribution in [0.2, 0.25) is 0 Å². The molecule has 1 aromatic carbocycles. The first kappa shape index (κ1) is 11.9. The largest absolute Gasteiger partial charge is 0.523 e. The molecule has 1 amide bonds. The number of carbonyl (C=O) groups excluding carboxylic acids is 1. The summed E-state index contributed by atoms with van der Waals surface area (Å²) in [5.41, 5.74) is 0.582. The standard InChI is InChI=1S/C12H9IN2O2/c1-14-11-10(16)6-7-15(12(11)17)9-4-2-8(13)3-5-9/h2-5,16H,6-7H2. The van der Waals surface area contributed by atoms with Crippen molar-refractivity contribution < 1.29 is 9.90 Å². The lowest BCUT2D eigenvalue weighted by molar-refractivity contribution is -0.115. The molecule has 0 unspecified atom stereocenters. The summed E-state index contributed by atoms with van der Waals surface area (Å²) < 4.78 is 1.08. The quantitative estimate of drug-likeness (QED) is 0.631. The van der Waals surface area contributed by atoms with Gasteiger partial charge in [-0.25, -0.2) is 4.85 Å². The third-order valence-electron chi connectivity index (χ3n) is 2.54. The first-order valence-electron chi connectivity index (χ1n) is 5.00. The molecule has 0 saturated heterocycles. The molecule has 1 aliphatic heterocycles. The van der Waals surface area contributed by atoms with Crippen molar-refractivity contribution in [1.29, 1.82) is 0 Å². The fourth-order valence-electron chi connectivity index (χ4n) is 1.67. The number of halogens is 1. The molecule has 0 spiro atoms. The maximum Gasteiger partial charge on any atom is 0.286 e. The smallest absolute Gasteiger partial charge is 0.286 e. The third-order valence-corrected chi connectivity index (χ3v) is 3.26. The topological polar surface area (TPSA) is 44.9 Å². The van der Waals surface area contributed by atoms with Gasteiger partial charge in [-0.05, 0) is 46.9 Å². The van der Waals surface area contributed by atoms with Crippen LogP contribution >= 0.6 is 22.6 Å². The summed E-state index contributed by atoms with van der Waals surface area (Å²) >= 11 is 2.19. The van der Waals surface area contributed by atoms with E-state index in [4.69, 9.17) is 6.57 Å². The second-order valence-corrected chi connectivity index (χ2v) is 4.84. The number of aliphatic hydroxyl groups excluding tert-OH is 1. The van der Waals surface area contributed by atoms with Crippen LogP contribution in [0, 0.1) is 10.1 Å². The van der Waals surface area contributed by atoms with Gasteiger partial charge in [0.15, 0.2) is 0 Å². The van der Waals surface area contributed by atoms with Crippen LogP contribution in [0.5, 0.6) is 0 Å². The SMILES string of the molecule is [C-]#[N+]C1=C(O)CCN(c2ccc(I)cc2)C1=O. The van der Waals surface area contributed by atoms with E-state index in [9.17, 15) is 9.90 Å². The summed E-state index contributed by atoms with van der Waals surface area (Å²) in [6.45, 7) is 7.31. The zero-order valence-electron chi connectivity index (χ0n) is 8.85. The Morgan fingerprint density at radius 2 is 2.00 bits per heavy atom. The summed E-state index contributed by atoms with van der Waals surface area (Å²) in [6.07, 6.45) is 0.329. The molecule has 0 saturated carbocycles. The second kappa shape index (κ2) is 4.75. The number of rotatable bonds is 1. The van der Waals surface area contributed by atoms with Crippen LogP contribution in [0.15, 0.2) is 35.7 Å². The number of carbonyl (C=O) groups is 1. The number of nitrogens with zero attached hydrogens (tertiary/aromatic N) is 2. The van der Waals surface area contributed by atoms with Crippen molar-refractivity contribution in [2.75, 3.05) is 11.4 Å². The Bertz CT molecular complexity index is 528. The second-order valence-electron chi connectivity index (χ2n) is 3.59. The van der Waals surface area contributed by atoms with Gasteiger partial charge in [0.1, 0.15) is 5.76 Å². The lowest BCUT2D eigenvalue weighted by Crippen LogP contribution is -2.36. The number of anilines is 1. The molecule has 4 nitrogen and oxygen atoms in total. The van der Waals surface area contributed by atoms with Gasteiger partial charge < -0.3 is 10.0 Å². The average Bonchev–Trinajstić information content (AvgIpc) is 2.31. The third kappa shape index (κ3) is 2.26. The monoisotopic (exact) mass is 340 g/mol. The fourth-order valence-corrected chi connectivity index (χ4v) is 2.03. The lowest BCUT2D eigenvalue weighted by atomic mass is 10.1. The van der Waals surface area contributed by atoms with Crippen molar-refractivity contribution in [3.63, 3.8) is 0 Å². The Morgan fingerprint density at radius 3 is 2.59 bits per heavy atom. The van der Waals surface area contributed by atoms with Gasteiger partial charge in [0.2, 0.25) is 0 Å². The van der Waals surface area contributed by atoms with Gasteiger partial charge in [-0.15, -0.1) is 0 Å². The van der Waals surface area contributed by atoms with Gasteiger partial charge in [0.25, 0.3) is 11.6 Å². The van der Waals surface area contributed by atoms with Gasteiger partial charge >= 0.3 is 0 Å². The van der Waals surface area contributed by atoms with Crippen molar-refractivity contribution in [2.45, 2.75) is 6.42 Å².